The quantitative estimate of drug-likeness (QED) is 0.418. The Bertz CT molecular complexity index is 942. The van der Waals surface area contributed by atoms with Crippen molar-refractivity contribution in [3.63, 3.8) is 0 Å². The van der Waals surface area contributed by atoms with Crippen molar-refractivity contribution >= 4 is 29.1 Å². The summed E-state index contributed by atoms with van der Waals surface area (Å²) in [4.78, 5) is 20.3. The molecule has 0 aliphatic rings. The van der Waals surface area contributed by atoms with Gasteiger partial charge in [0, 0.05) is 10.9 Å². The summed E-state index contributed by atoms with van der Waals surface area (Å²) in [6.45, 7) is 5.74. The van der Waals surface area contributed by atoms with Crippen molar-refractivity contribution in [2.24, 2.45) is 0 Å². The Morgan fingerprint density at radius 2 is 2.22 bits per heavy atom. The van der Waals surface area contributed by atoms with Gasteiger partial charge in [0.1, 0.15) is 5.82 Å². The number of hydrogen-bond acceptors (Lipinski definition) is 8. The maximum Gasteiger partial charge on any atom is 0.311 e. The third-order valence-corrected chi connectivity index (χ3v) is 5.77. The highest BCUT2D eigenvalue weighted by Crippen LogP contribution is 2.36. The Morgan fingerprint density at radius 3 is 2.96 bits per heavy atom. The zero-order chi connectivity index (χ0) is 19.4. The summed E-state index contributed by atoms with van der Waals surface area (Å²) in [7, 11) is 0. The molecule has 1 unspecified atom stereocenters. The summed E-state index contributed by atoms with van der Waals surface area (Å²) >= 11 is 2.90. The van der Waals surface area contributed by atoms with E-state index in [4.69, 9.17) is 9.26 Å². The van der Waals surface area contributed by atoms with Crippen molar-refractivity contribution < 1.29 is 18.4 Å². The third-order valence-electron chi connectivity index (χ3n) is 3.66. The molecule has 9 heteroatoms. The third kappa shape index (κ3) is 4.92. The van der Waals surface area contributed by atoms with Crippen molar-refractivity contribution in [2.45, 2.75) is 36.8 Å². The molecule has 0 saturated heterocycles. The summed E-state index contributed by atoms with van der Waals surface area (Å²) in [5.41, 5.74) is 1.81. The second-order valence-electron chi connectivity index (χ2n) is 5.77. The molecule has 1 aromatic carbocycles. The van der Waals surface area contributed by atoms with Crippen LogP contribution in [-0.2, 0) is 16.0 Å². The number of rotatable bonds is 7. The predicted molar refractivity (Wildman–Crippen MR) is 101 cm³/mol. The van der Waals surface area contributed by atoms with Crippen LogP contribution in [0.4, 0.5) is 4.39 Å². The van der Waals surface area contributed by atoms with Crippen molar-refractivity contribution in [1.82, 2.24) is 15.1 Å². The number of thiazole rings is 1. The van der Waals surface area contributed by atoms with Crippen LogP contribution in [0.1, 0.15) is 36.2 Å². The number of aromatic nitrogens is 3. The minimum Gasteiger partial charge on any atom is -0.466 e. The lowest BCUT2D eigenvalue weighted by Crippen LogP contribution is -2.07. The molecule has 0 amide bonds. The molecule has 0 fully saturated rings. The average molecular weight is 407 g/mol. The van der Waals surface area contributed by atoms with Crippen molar-refractivity contribution in [3.05, 3.63) is 46.5 Å². The molecule has 0 bridgehead atoms. The molecule has 2 heterocycles. The zero-order valence-corrected chi connectivity index (χ0v) is 16.7. The van der Waals surface area contributed by atoms with Gasteiger partial charge in [0.25, 0.3) is 0 Å². The van der Waals surface area contributed by atoms with Crippen LogP contribution in [0, 0.1) is 12.7 Å². The smallest absolute Gasteiger partial charge is 0.311 e. The standard InChI is InChI=1S/C18H18FN3O3S2/c1-4-24-15(23)8-13-9-26-18(20-13)27-11(3)17-21-16(22-25-17)12-6-5-10(2)14(19)7-12/h5-7,9,11H,4,8H2,1-3H3. The fourth-order valence-electron chi connectivity index (χ4n) is 2.23. The van der Waals surface area contributed by atoms with Gasteiger partial charge in [0.05, 0.1) is 24.0 Å². The minimum atomic E-state index is -0.307. The van der Waals surface area contributed by atoms with Crippen LogP contribution in [0.2, 0.25) is 0 Å². The minimum absolute atomic E-state index is 0.136. The lowest BCUT2D eigenvalue weighted by molar-refractivity contribution is -0.142. The second kappa shape index (κ2) is 8.62. The van der Waals surface area contributed by atoms with Crippen LogP contribution < -0.4 is 0 Å². The Balaban J connectivity index is 1.66. The van der Waals surface area contributed by atoms with E-state index < -0.39 is 0 Å². The van der Waals surface area contributed by atoms with Gasteiger partial charge in [0.15, 0.2) is 4.34 Å². The number of ether oxygens (including phenoxy) is 1. The number of benzene rings is 1. The van der Waals surface area contributed by atoms with Gasteiger partial charge >= 0.3 is 5.97 Å². The molecule has 3 aromatic rings. The Kier molecular flexibility index (Phi) is 6.22. The Labute approximate surface area is 164 Å². The van der Waals surface area contributed by atoms with E-state index in [9.17, 15) is 9.18 Å². The Hall–Kier alpha value is -2.26. The van der Waals surface area contributed by atoms with Crippen LogP contribution in [0.5, 0.6) is 0 Å². The van der Waals surface area contributed by atoms with E-state index in [0.717, 1.165) is 4.34 Å². The molecule has 6 nitrogen and oxygen atoms in total. The van der Waals surface area contributed by atoms with E-state index in [1.165, 1.54) is 29.2 Å². The van der Waals surface area contributed by atoms with Gasteiger partial charge < -0.3 is 9.26 Å². The fraction of sp³-hybridized carbons (Fsp3) is 0.333. The van der Waals surface area contributed by atoms with Crippen molar-refractivity contribution in [1.29, 1.82) is 0 Å². The number of carbonyl (C=O) groups excluding carboxylic acids is 1. The molecule has 1 atom stereocenters. The van der Waals surface area contributed by atoms with E-state index >= 15 is 0 Å². The lowest BCUT2D eigenvalue weighted by atomic mass is 10.1. The SMILES string of the molecule is CCOC(=O)Cc1csc(SC(C)c2nc(-c3ccc(C)c(F)c3)no2)n1. The van der Waals surface area contributed by atoms with Gasteiger partial charge in [0.2, 0.25) is 11.7 Å². The van der Waals surface area contributed by atoms with Crippen molar-refractivity contribution in [3.8, 4) is 11.4 Å². The molecule has 0 saturated carbocycles. The summed E-state index contributed by atoms with van der Waals surface area (Å²) in [5, 5.41) is 5.64. The molecule has 0 aliphatic heterocycles. The molecular formula is C18H18FN3O3S2. The summed E-state index contributed by atoms with van der Waals surface area (Å²) in [6, 6.07) is 4.83. The van der Waals surface area contributed by atoms with Gasteiger partial charge in [-0.15, -0.1) is 11.3 Å². The number of esters is 1. The second-order valence-corrected chi connectivity index (χ2v) is 8.21. The number of nitrogens with zero attached hydrogens (tertiary/aromatic N) is 3. The first-order chi connectivity index (χ1) is 13.0. The summed E-state index contributed by atoms with van der Waals surface area (Å²) in [5.74, 6) is 0.175. The summed E-state index contributed by atoms with van der Waals surface area (Å²) < 4.78 is 24.8. The van der Waals surface area contributed by atoms with E-state index in [1.54, 1.807) is 26.0 Å². The number of carbonyl (C=O) groups is 1. The molecule has 3 rings (SSSR count). The van der Waals surface area contributed by atoms with Gasteiger partial charge in [-0.2, -0.15) is 4.98 Å². The Morgan fingerprint density at radius 1 is 1.41 bits per heavy atom. The molecule has 0 aliphatic carbocycles. The van der Waals surface area contributed by atoms with Crippen LogP contribution in [0.25, 0.3) is 11.4 Å². The van der Waals surface area contributed by atoms with E-state index in [-0.39, 0.29) is 23.5 Å². The van der Waals surface area contributed by atoms with E-state index in [2.05, 4.69) is 15.1 Å². The first-order valence-corrected chi connectivity index (χ1v) is 10.1. The number of aryl methyl sites for hydroxylation is 1. The lowest BCUT2D eigenvalue weighted by Gasteiger charge is -2.02. The molecule has 27 heavy (non-hydrogen) atoms. The molecule has 0 spiro atoms. The fourth-order valence-corrected chi connectivity index (χ4v) is 4.25. The van der Waals surface area contributed by atoms with Gasteiger partial charge in [-0.1, -0.05) is 29.1 Å². The zero-order valence-electron chi connectivity index (χ0n) is 15.1. The van der Waals surface area contributed by atoms with Crippen LogP contribution in [-0.4, -0.2) is 27.7 Å². The van der Waals surface area contributed by atoms with Gasteiger partial charge in [-0.05, 0) is 32.4 Å². The highest BCUT2D eigenvalue weighted by Gasteiger charge is 2.19. The van der Waals surface area contributed by atoms with E-state index in [1.807, 2.05) is 12.3 Å². The normalized spacial score (nSPS) is 12.1. The number of thioether (sulfide) groups is 1. The average Bonchev–Trinajstić information content (AvgIpc) is 3.27. The van der Waals surface area contributed by atoms with Gasteiger partial charge in [-0.3, -0.25) is 4.79 Å². The highest BCUT2D eigenvalue weighted by atomic mass is 32.2. The highest BCUT2D eigenvalue weighted by molar-refractivity contribution is 8.01. The maximum absolute atomic E-state index is 13.7. The number of hydrogen-bond donors (Lipinski definition) is 0. The first-order valence-electron chi connectivity index (χ1n) is 8.33. The monoisotopic (exact) mass is 407 g/mol. The topological polar surface area (TPSA) is 78.1 Å². The predicted octanol–water partition coefficient (Wildman–Crippen LogP) is 4.60. The van der Waals surface area contributed by atoms with Crippen LogP contribution >= 0.6 is 23.1 Å². The molecule has 142 valence electrons. The van der Waals surface area contributed by atoms with Crippen LogP contribution in [0.15, 0.2) is 32.4 Å². The van der Waals surface area contributed by atoms with Gasteiger partial charge in [-0.25, -0.2) is 9.37 Å². The summed E-state index contributed by atoms with van der Waals surface area (Å²) in [6.07, 6.45) is 0.156. The van der Waals surface area contributed by atoms with Crippen LogP contribution in [0.3, 0.4) is 0 Å². The molecule has 2 aromatic heterocycles. The van der Waals surface area contributed by atoms with E-state index in [0.29, 0.717) is 35.1 Å². The maximum atomic E-state index is 13.7. The molecular weight excluding hydrogens is 389 g/mol. The molecule has 0 radical (unpaired) electrons. The number of halogens is 1. The van der Waals surface area contributed by atoms with Crippen molar-refractivity contribution in [2.75, 3.05) is 6.61 Å². The largest absolute Gasteiger partial charge is 0.466 e. The molecule has 0 N–H and O–H groups in total. The first kappa shape index (κ1) is 19.5.